The summed E-state index contributed by atoms with van der Waals surface area (Å²) >= 11 is 1.66. The molecule has 1 fully saturated rings. The van der Waals surface area contributed by atoms with Gasteiger partial charge in [-0.25, -0.2) is 4.39 Å². The Hall–Kier alpha value is -2.05. The Labute approximate surface area is 170 Å². The Morgan fingerprint density at radius 1 is 1.18 bits per heavy atom. The highest BCUT2D eigenvalue weighted by atomic mass is 32.2. The second kappa shape index (κ2) is 10.5. The summed E-state index contributed by atoms with van der Waals surface area (Å²) < 4.78 is 18.4. The van der Waals surface area contributed by atoms with E-state index in [1.54, 1.807) is 23.9 Å². The average Bonchev–Trinajstić information content (AvgIpc) is 2.73. The Morgan fingerprint density at radius 3 is 2.64 bits per heavy atom. The van der Waals surface area contributed by atoms with E-state index >= 15 is 0 Å². The molecule has 0 radical (unpaired) electrons. The summed E-state index contributed by atoms with van der Waals surface area (Å²) in [4.78, 5) is 15.6. The van der Waals surface area contributed by atoms with Crippen LogP contribution in [-0.2, 0) is 16.1 Å². The third kappa shape index (κ3) is 6.24. The minimum absolute atomic E-state index is 0.0586. The van der Waals surface area contributed by atoms with Crippen LogP contribution in [0.5, 0.6) is 0 Å². The molecule has 1 unspecified atom stereocenters. The third-order valence-corrected chi connectivity index (χ3v) is 5.93. The van der Waals surface area contributed by atoms with Gasteiger partial charge in [-0.2, -0.15) is 0 Å². The van der Waals surface area contributed by atoms with Crippen LogP contribution in [0.3, 0.4) is 0 Å². The minimum atomic E-state index is -0.228. The van der Waals surface area contributed by atoms with Crippen LogP contribution in [0.1, 0.15) is 25.3 Å². The molecule has 150 valence electrons. The van der Waals surface area contributed by atoms with Crippen LogP contribution >= 0.6 is 11.8 Å². The maximum atomic E-state index is 13.0. The van der Waals surface area contributed by atoms with Crippen molar-refractivity contribution < 1.29 is 13.9 Å². The topological polar surface area (TPSA) is 41.6 Å². The van der Waals surface area contributed by atoms with E-state index in [2.05, 4.69) is 29.3 Å². The Kier molecular flexibility index (Phi) is 7.74. The maximum Gasteiger partial charge on any atom is 0.220 e. The number of amides is 1. The lowest BCUT2D eigenvalue weighted by Gasteiger charge is -2.30. The van der Waals surface area contributed by atoms with Crippen molar-refractivity contribution in [1.82, 2.24) is 5.32 Å². The lowest BCUT2D eigenvalue weighted by Crippen LogP contribution is -2.37. The van der Waals surface area contributed by atoms with E-state index in [1.807, 2.05) is 12.1 Å². The lowest BCUT2D eigenvalue weighted by atomic mass is 10.1. The number of rotatable bonds is 8. The SMILES string of the molecule is CC(CCC(=O)NCc1ccccc1N1CCOCC1)Sc1ccc(F)cc1. The van der Waals surface area contributed by atoms with Gasteiger partial charge in [-0.15, -0.1) is 11.8 Å². The Balaban J connectivity index is 1.45. The van der Waals surface area contributed by atoms with Gasteiger partial charge in [0, 0.05) is 41.9 Å². The summed E-state index contributed by atoms with van der Waals surface area (Å²) in [6, 6.07) is 14.7. The first-order valence-electron chi connectivity index (χ1n) is 9.71. The van der Waals surface area contributed by atoms with Crippen LogP contribution in [-0.4, -0.2) is 37.5 Å². The smallest absolute Gasteiger partial charge is 0.220 e. The standard InChI is InChI=1S/C22H27FN2O2S/c1-17(28-20-9-7-19(23)8-10-20)6-11-22(26)24-16-18-4-2-3-5-21(18)25-12-14-27-15-13-25/h2-5,7-10,17H,6,11-16H2,1H3,(H,24,26). The highest BCUT2D eigenvalue weighted by Crippen LogP contribution is 2.26. The monoisotopic (exact) mass is 402 g/mol. The number of ether oxygens (including phenoxy) is 1. The predicted molar refractivity (Wildman–Crippen MR) is 112 cm³/mol. The fraction of sp³-hybridized carbons (Fsp3) is 0.409. The molecule has 0 bridgehead atoms. The Bertz CT molecular complexity index is 763. The number of anilines is 1. The van der Waals surface area contributed by atoms with Crippen molar-refractivity contribution in [1.29, 1.82) is 0 Å². The molecule has 1 atom stereocenters. The van der Waals surface area contributed by atoms with Crippen LogP contribution in [0.15, 0.2) is 53.4 Å². The highest BCUT2D eigenvalue weighted by molar-refractivity contribution is 7.99. The van der Waals surface area contributed by atoms with Crippen molar-refractivity contribution in [2.45, 2.75) is 36.5 Å². The highest BCUT2D eigenvalue weighted by Gasteiger charge is 2.15. The van der Waals surface area contributed by atoms with E-state index in [4.69, 9.17) is 4.74 Å². The van der Waals surface area contributed by atoms with Gasteiger partial charge >= 0.3 is 0 Å². The predicted octanol–water partition coefficient (Wildman–Crippen LogP) is 4.24. The van der Waals surface area contributed by atoms with Gasteiger partial charge in [0.05, 0.1) is 13.2 Å². The first-order chi connectivity index (χ1) is 13.6. The fourth-order valence-electron chi connectivity index (χ4n) is 3.19. The third-order valence-electron chi connectivity index (χ3n) is 4.75. The summed E-state index contributed by atoms with van der Waals surface area (Å²) in [7, 11) is 0. The summed E-state index contributed by atoms with van der Waals surface area (Å²) in [6.45, 7) is 5.86. The number of benzene rings is 2. The molecule has 1 N–H and O–H groups in total. The van der Waals surface area contributed by atoms with E-state index < -0.39 is 0 Å². The van der Waals surface area contributed by atoms with Crippen molar-refractivity contribution >= 4 is 23.4 Å². The van der Waals surface area contributed by atoms with Crippen LogP contribution in [0, 0.1) is 5.82 Å². The van der Waals surface area contributed by atoms with Crippen molar-refractivity contribution in [2.24, 2.45) is 0 Å². The van der Waals surface area contributed by atoms with E-state index in [1.165, 1.54) is 17.8 Å². The number of hydrogen-bond acceptors (Lipinski definition) is 4. The zero-order valence-corrected chi connectivity index (χ0v) is 17.0. The van der Waals surface area contributed by atoms with Crippen molar-refractivity contribution in [3.05, 3.63) is 59.9 Å². The zero-order chi connectivity index (χ0) is 19.8. The van der Waals surface area contributed by atoms with Crippen LogP contribution < -0.4 is 10.2 Å². The number of para-hydroxylation sites is 1. The largest absolute Gasteiger partial charge is 0.378 e. The quantitative estimate of drug-likeness (QED) is 0.671. The molecule has 4 nitrogen and oxygen atoms in total. The van der Waals surface area contributed by atoms with E-state index in [9.17, 15) is 9.18 Å². The van der Waals surface area contributed by atoms with Gasteiger partial charge in [-0.1, -0.05) is 25.1 Å². The summed E-state index contributed by atoms with van der Waals surface area (Å²) in [5, 5.41) is 3.34. The molecule has 0 spiro atoms. The normalized spacial score (nSPS) is 15.3. The second-order valence-corrected chi connectivity index (χ2v) is 8.44. The van der Waals surface area contributed by atoms with E-state index in [-0.39, 0.29) is 17.0 Å². The number of nitrogens with zero attached hydrogens (tertiary/aromatic N) is 1. The molecule has 2 aromatic carbocycles. The molecular weight excluding hydrogens is 375 g/mol. The first-order valence-corrected chi connectivity index (χ1v) is 10.6. The molecule has 1 amide bonds. The molecule has 2 aromatic rings. The van der Waals surface area contributed by atoms with Crippen molar-refractivity contribution in [3.63, 3.8) is 0 Å². The Morgan fingerprint density at radius 2 is 1.89 bits per heavy atom. The molecule has 6 heteroatoms. The summed E-state index contributed by atoms with van der Waals surface area (Å²) in [5.74, 6) is -0.169. The average molecular weight is 403 g/mol. The number of nitrogens with one attached hydrogen (secondary N) is 1. The van der Waals surface area contributed by atoms with Crippen molar-refractivity contribution in [2.75, 3.05) is 31.2 Å². The molecule has 28 heavy (non-hydrogen) atoms. The fourth-order valence-corrected chi connectivity index (χ4v) is 4.19. The van der Waals surface area contributed by atoms with Gasteiger partial charge in [0.2, 0.25) is 5.91 Å². The lowest BCUT2D eigenvalue weighted by molar-refractivity contribution is -0.121. The molecule has 1 aliphatic rings. The number of thioether (sulfide) groups is 1. The second-order valence-electron chi connectivity index (χ2n) is 6.93. The van der Waals surface area contributed by atoms with Gasteiger partial charge in [-0.05, 0) is 42.3 Å². The summed E-state index contributed by atoms with van der Waals surface area (Å²) in [6.07, 6.45) is 1.26. The number of morpholine rings is 1. The van der Waals surface area contributed by atoms with Crippen LogP contribution in [0.4, 0.5) is 10.1 Å². The number of halogens is 1. The molecule has 1 aliphatic heterocycles. The molecular formula is C22H27FN2O2S. The molecule has 0 saturated carbocycles. The molecule has 0 aromatic heterocycles. The van der Waals surface area contributed by atoms with Gasteiger partial charge in [0.1, 0.15) is 5.82 Å². The minimum Gasteiger partial charge on any atom is -0.378 e. The first kappa shape index (κ1) is 20.7. The van der Waals surface area contributed by atoms with Gasteiger partial charge in [0.25, 0.3) is 0 Å². The summed E-state index contributed by atoms with van der Waals surface area (Å²) in [5.41, 5.74) is 2.30. The molecule has 1 saturated heterocycles. The van der Waals surface area contributed by atoms with E-state index in [0.29, 0.717) is 13.0 Å². The number of carbonyl (C=O) groups is 1. The maximum absolute atomic E-state index is 13.0. The molecule has 1 heterocycles. The van der Waals surface area contributed by atoms with Gasteiger partial charge < -0.3 is 15.0 Å². The van der Waals surface area contributed by atoms with Gasteiger partial charge in [-0.3, -0.25) is 4.79 Å². The van der Waals surface area contributed by atoms with Crippen LogP contribution in [0.25, 0.3) is 0 Å². The number of hydrogen-bond donors (Lipinski definition) is 1. The van der Waals surface area contributed by atoms with E-state index in [0.717, 1.165) is 43.2 Å². The number of carbonyl (C=O) groups excluding carboxylic acids is 1. The van der Waals surface area contributed by atoms with Crippen molar-refractivity contribution in [3.8, 4) is 0 Å². The molecule has 3 rings (SSSR count). The van der Waals surface area contributed by atoms with Crippen LogP contribution in [0.2, 0.25) is 0 Å². The zero-order valence-electron chi connectivity index (χ0n) is 16.2. The molecule has 0 aliphatic carbocycles. The van der Waals surface area contributed by atoms with Gasteiger partial charge in [0.15, 0.2) is 0 Å².